The molecule has 0 aliphatic carbocycles. The van der Waals surface area contributed by atoms with Gasteiger partial charge in [0.15, 0.2) is 0 Å². The van der Waals surface area contributed by atoms with Crippen LogP contribution in [0, 0.1) is 6.92 Å². The number of aryl methyl sites for hydroxylation is 1. The maximum absolute atomic E-state index is 9.81. The fourth-order valence-corrected chi connectivity index (χ4v) is 2.09. The summed E-state index contributed by atoms with van der Waals surface area (Å²) in [5.74, 6) is 2.14. The van der Waals surface area contributed by atoms with E-state index in [4.69, 9.17) is 4.42 Å². The van der Waals surface area contributed by atoms with Crippen LogP contribution in [-0.4, -0.2) is 5.11 Å². The molecule has 2 N–H and O–H groups in total. The van der Waals surface area contributed by atoms with Gasteiger partial charge in [0.05, 0.1) is 6.04 Å². The van der Waals surface area contributed by atoms with E-state index < -0.39 is 0 Å². The highest BCUT2D eigenvalue weighted by atomic mass is 16.3. The predicted molar refractivity (Wildman–Crippen MR) is 71.5 cm³/mol. The molecule has 18 heavy (non-hydrogen) atoms. The van der Waals surface area contributed by atoms with E-state index in [2.05, 4.69) is 12.2 Å². The standard InChI is InChI=1S/C15H19NO2/c1-10-8-9-15(18-10)12(3)16-11(2)13-6-4-5-7-14(13)17/h4-9,11-12,16-17H,1-3H3. The Labute approximate surface area is 107 Å². The second-order valence-electron chi connectivity index (χ2n) is 4.62. The molecule has 0 aliphatic heterocycles. The molecule has 96 valence electrons. The van der Waals surface area contributed by atoms with Gasteiger partial charge >= 0.3 is 0 Å². The molecule has 0 amide bonds. The van der Waals surface area contributed by atoms with Gasteiger partial charge in [-0.2, -0.15) is 0 Å². The first-order valence-corrected chi connectivity index (χ1v) is 6.18. The van der Waals surface area contributed by atoms with Gasteiger partial charge in [-0.05, 0) is 39.0 Å². The topological polar surface area (TPSA) is 45.4 Å². The van der Waals surface area contributed by atoms with Crippen molar-refractivity contribution in [2.75, 3.05) is 0 Å². The van der Waals surface area contributed by atoms with Crippen LogP contribution in [0.3, 0.4) is 0 Å². The average Bonchev–Trinajstić information content (AvgIpc) is 2.76. The smallest absolute Gasteiger partial charge is 0.120 e. The molecule has 1 heterocycles. The zero-order valence-electron chi connectivity index (χ0n) is 11.0. The Morgan fingerprint density at radius 3 is 2.39 bits per heavy atom. The minimum absolute atomic E-state index is 0.0617. The Bertz CT molecular complexity index is 519. The van der Waals surface area contributed by atoms with Gasteiger partial charge in [-0.15, -0.1) is 0 Å². The summed E-state index contributed by atoms with van der Waals surface area (Å²) in [6, 6.07) is 11.5. The summed E-state index contributed by atoms with van der Waals surface area (Å²) in [6.45, 7) is 6.01. The third-order valence-corrected chi connectivity index (χ3v) is 3.09. The molecule has 0 fully saturated rings. The molecule has 1 aromatic heterocycles. The molecule has 2 atom stereocenters. The number of aromatic hydroxyl groups is 1. The third kappa shape index (κ3) is 2.74. The highest BCUT2D eigenvalue weighted by molar-refractivity contribution is 5.34. The minimum atomic E-state index is 0.0617. The van der Waals surface area contributed by atoms with E-state index in [9.17, 15) is 5.11 Å². The number of furan rings is 1. The van der Waals surface area contributed by atoms with Crippen molar-refractivity contribution in [3.63, 3.8) is 0 Å². The molecule has 0 bridgehead atoms. The number of phenols is 1. The molecular formula is C15H19NO2. The molecule has 2 unspecified atom stereocenters. The van der Waals surface area contributed by atoms with Crippen molar-refractivity contribution in [3.8, 4) is 5.75 Å². The first-order valence-electron chi connectivity index (χ1n) is 6.18. The van der Waals surface area contributed by atoms with Crippen molar-refractivity contribution >= 4 is 0 Å². The second kappa shape index (κ2) is 5.27. The van der Waals surface area contributed by atoms with Crippen LogP contribution in [-0.2, 0) is 0 Å². The lowest BCUT2D eigenvalue weighted by atomic mass is 10.1. The first-order chi connectivity index (χ1) is 8.58. The fourth-order valence-electron chi connectivity index (χ4n) is 2.09. The van der Waals surface area contributed by atoms with Crippen molar-refractivity contribution in [1.82, 2.24) is 5.32 Å². The SMILES string of the molecule is Cc1ccc(C(C)NC(C)c2ccccc2O)o1. The Morgan fingerprint density at radius 1 is 1.06 bits per heavy atom. The Kier molecular flexibility index (Phi) is 3.72. The van der Waals surface area contributed by atoms with Crippen LogP contribution in [0.2, 0.25) is 0 Å². The molecule has 0 spiro atoms. The molecule has 0 radical (unpaired) electrons. The second-order valence-corrected chi connectivity index (χ2v) is 4.62. The highest BCUT2D eigenvalue weighted by Crippen LogP contribution is 2.26. The van der Waals surface area contributed by atoms with Gasteiger partial charge in [0, 0.05) is 11.6 Å². The van der Waals surface area contributed by atoms with Crippen LogP contribution in [0.25, 0.3) is 0 Å². The van der Waals surface area contributed by atoms with Gasteiger partial charge in [0.1, 0.15) is 17.3 Å². The summed E-state index contributed by atoms with van der Waals surface area (Å²) in [5.41, 5.74) is 0.896. The van der Waals surface area contributed by atoms with Crippen LogP contribution in [0.5, 0.6) is 5.75 Å². The zero-order valence-corrected chi connectivity index (χ0v) is 11.0. The van der Waals surface area contributed by atoms with Crippen molar-refractivity contribution < 1.29 is 9.52 Å². The predicted octanol–water partition coefficient (Wildman–Crippen LogP) is 3.71. The number of phenolic OH excluding ortho intramolecular Hbond substituents is 1. The number of para-hydroxylation sites is 1. The van der Waals surface area contributed by atoms with E-state index in [0.717, 1.165) is 17.1 Å². The molecule has 0 aliphatic rings. The zero-order chi connectivity index (χ0) is 13.1. The summed E-state index contributed by atoms with van der Waals surface area (Å²) < 4.78 is 5.59. The molecule has 2 rings (SSSR count). The van der Waals surface area contributed by atoms with Crippen molar-refractivity contribution in [3.05, 3.63) is 53.5 Å². The van der Waals surface area contributed by atoms with Crippen molar-refractivity contribution in [1.29, 1.82) is 0 Å². The monoisotopic (exact) mass is 245 g/mol. The van der Waals surface area contributed by atoms with E-state index in [-0.39, 0.29) is 12.1 Å². The van der Waals surface area contributed by atoms with Crippen LogP contribution < -0.4 is 5.32 Å². The summed E-state index contributed by atoms with van der Waals surface area (Å²) in [4.78, 5) is 0. The molecule has 3 nitrogen and oxygen atoms in total. The summed E-state index contributed by atoms with van der Waals surface area (Å²) in [6.07, 6.45) is 0. The lowest BCUT2D eigenvalue weighted by molar-refractivity contribution is 0.384. The summed E-state index contributed by atoms with van der Waals surface area (Å²) in [7, 11) is 0. The highest BCUT2D eigenvalue weighted by Gasteiger charge is 2.15. The van der Waals surface area contributed by atoms with Crippen LogP contribution >= 0.6 is 0 Å². The van der Waals surface area contributed by atoms with Crippen molar-refractivity contribution in [2.24, 2.45) is 0 Å². The maximum Gasteiger partial charge on any atom is 0.120 e. The Morgan fingerprint density at radius 2 is 1.78 bits per heavy atom. The largest absolute Gasteiger partial charge is 0.508 e. The van der Waals surface area contributed by atoms with Gasteiger partial charge in [0.2, 0.25) is 0 Å². The van der Waals surface area contributed by atoms with Crippen molar-refractivity contribution in [2.45, 2.75) is 32.9 Å². The number of nitrogens with one attached hydrogen (secondary N) is 1. The quantitative estimate of drug-likeness (QED) is 0.863. The maximum atomic E-state index is 9.81. The van der Waals surface area contributed by atoms with E-state index >= 15 is 0 Å². The van der Waals surface area contributed by atoms with Gasteiger partial charge in [-0.1, -0.05) is 18.2 Å². The lowest BCUT2D eigenvalue weighted by Gasteiger charge is -2.19. The van der Waals surface area contributed by atoms with E-state index in [1.807, 2.05) is 44.2 Å². The fraction of sp³-hybridized carbons (Fsp3) is 0.333. The van der Waals surface area contributed by atoms with Gasteiger partial charge < -0.3 is 14.8 Å². The molecule has 3 heteroatoms. The summed E-state index contributed by atoms with van der Waals surface area (Å²) in [5, 5.41) is 13.2. The number of benzene rings is 1. The summed E-state index contributed by atoms with van der Waals surface area (Å²) >= 11 is 0. The number of rotatable bonds is 4. The molecule has 2 aromatic rings. The number of hydrogen-bond acceptors (Lipinski definition) is 3. The Balaban J connectivity index is 2.08. The molecule has 0 saturated carbocycles. The van der Waals surface area contributed by atoms with E-state index in [1.165, 1.54) is 0 Å². The van der Waals surface area contributed by atoms with E-state index in [0.29, 0.717) is 5.75 Å². The molecular weight excluding hydrogens is 226 g/mol. The minimum Gasteiger partial charge on any atom is -0.508 e. The van der Waals surface area contributed by atoms with Crippen LogP contribution in [0.15, 0.2) is 40.8 Å². The van der Waals surface area contributed by atoms with E-state index in [1.54, 1.807) is 6.07 Å². The van der Waals surface area contributed by atoms with Crippen LogP contribution in [0.4, 0.5) is 0 Å². The van der Waals surface area contributed by atoms with Gasteiger partial charge in [-0.3, -0.25) is 0 Å². The first kappa shape index (κ1) is 12.7. The lowest BCUT2D eigenvalue weighted by Crippen LogP contribution is -2.22. The third-order valence-electron chi connectivity index (χ3n) is 3.09. The van der Waals surface area contributed by atoms with Gasteiger partial charge in [0.25, 0.3) is 0 Å². The normalized spacial score (nSPS) is 14.4. The molecule has 1 aromatic carbocycles. The van der Waals surface area contributed by atoms with Gasteiger partial charge in [-0.25, -0.2) is 0 Å². The Hall–Kier alpha value is -1.74. The molecule has 0 saturated heterocycles. The van der Waals surface area contributed by atoms with Crippen LogP contribution in [0.1, 0.15) is 43.0 Å². The average molecular weight is 245 g/mol. The number of hydrogen-bond donors (Lipinski definition) is 2.